The molecule has 0 aliphatic carbocycles. The Labute approximate surface area is 209 Å². The van der Waals surface area contributed by atoms with Crippen LogP contribution in [0.1, 0.15) is 47.6 Å². The van der Waals surface area contributed by atoms with E-state index in [0.29, 0.717) is 37.4 Å². The number of benzene rings is 2. The molecule has 0 spiro atoms. The van der Waals surface area contributed by atoms with Crippen LogP contribution in [0.4, 0.5) is 5.69 Å². The van der Waals surface area contributed by atoms with Gasteiger partial charge in [-0.3, -0.25) is 15.0 Å². The molecule has 10 heteroatoms. The summed E-state index contributed by atoms with van der Waals surface area (Å²) in [5, 5.41) is 11.7. The minimum Gasteiger partial charge on any atom is -0.466 e. The number of fused-ring (bicyclic) bond motifs is 1. The number of nitrogens with zero attached hydrogens (tertiary/aromatic N) is 2. The maximum atomic E-state index is 13.1. The van der Waals surface area contributed by atoms with Gasteiger partial charge in [0.25, 0.3) is 5.91 Å². The lowest BCUT2D eigenvalue weighted by atomic mass is 10.1. The van der Waals surface area contributed by atoms with Crippen molar-refractivity contribution in [1.29, 1.82) is 5.41 Å². The molecule has 2 aromatic carbocycles. The van der Waals surface area contributed by atoms with E-state index in [-0.39, 0.29) is 36.5 Å². The minimum atomic E-state index is -0.297. The van der Waals surface area contributed by atoms with Crippen molar-refractivity contribution in [3.8, 4) is 0 Å². The highest BCUT2D eigenvalue weighted by Crippen LogP contribution is 2.25. The van der Waals surface area contributed by atoms with Crippen molar-refractivity contribution >= 4 is 57.4 Å². The molecule has 0 unspecified atom stereocenters. The van der Waals surface area contributed by atoms with Crippen molar-refractivity contribution in [2.75, 3.05) is 25.0 Å². The standard InChI is InChI=1S/C24H29N5O3S.ClH/c1-3-12-29(13-11-22(30)32-4-2)24(31)17-7-10-20-19(14-17)28-21(33-20)15-27-18-8-5-16(6-9-18)23(25)26;/h5-10,14,27H,3-4,11-13,15H2,1-2H3,(H3,25,26);1H. The molecule has 0 atom stereocenters. The topological polar surface area (TPSA) is 121 Å². The Bertz CT molecular complexity index is 1130. The van der Waals surface area contributed by atoms with E-state index in [4.69, 9.17) is 15.9 Å². The summed E-state index contributed by atoms with van der Waals surface area (Å²) in [4.78, 5) is 31.1. The molecule has 0 aliphatic heterocycles. The van der Waals surface area contributed by atoms with Gasteiger partial charge in [0.05, 0.1) is 29.8 Å². The smallest absolute Gasteiger partial charge is 0.307 e. The van der Waals surface area contributed by atoms with E-state index in [0.717, 1.165) is 27.3 Å². The number of carbonyl (C=O) groups is 2. The third-order valence-corrected chi connectivity index (χ3v) is 6.03. The number of hydrogen-bond acceptors (Lipinski definition) is 7. The predicted molar refractivity (Wildman–Crippen MR) is 139 cm³/mol. The first kappa shape index (κ1) is 27.1. The molecule has 34 heavy (non-hydrogen) atoms. The van der Waals surface area contributed by atoms with E-state index < -0.39 is 0 Å². The molecule has 0 bridgehead atoms. The number of hydrogen-bond donors (Lipinski definition) is 3. The van der Waals surface area contributed by atoms with Gasteiger partial charge in [-0.05, 0) is 55.8 Å². The van der Waals surface area contributed by atoms with Crippen molar-refractivity contribution in [2.45, 2.75) is 33.2 Å². The van der Waals surface area contributed by atoms with E-state index in [1.165, 1.54) is 0 Å². The maximum Gasteiger partial charge on any atom is 0.307 e. The second kappa shape index (κ2) is 12.9. The maximum absolute atomic E-state index is 13.1. The molecule has 3 aromatic rings. The Morgan fingerprint density at radius 2 is 1.82 bits per heavy atom. The third-order valence-electron chi connectivity index (χ3n) is 4.99. The predicted octanol–water partition coefficient (Wildman–Crippen LogP) is 4.42. The van der Waals surface area contributed by atoms with Crippen LogP contribution < -0.4 is 11.1 Å². The minimum absolute atomic E-state index is 0. The third kappa shape index (κ3) is 7.16. The largest absolute Gasteiger partial charge is 0.466 e. The summed E-state index contributed by atoms with van der Waals surface area (Å²) in [6, 6.07) is 12.9. The number of anilines is 1. The van der Waals surface area contributed by atoms with Gasteiger partial charge in [-0.1, -0.05) is 6.92 Å². The highest BCUT2D eigenvalue weighted by molar-refractivity contribution is 7.18. The van der Waals surface area contributed by atoms with E-state index in [2.05, 4.69) is 10.3 Å². The molecule has 0 radical (unpaired) electrons. The van der Waals surface area contributed by atoms with Crippen molar-refractivity contribution in [3.63, 3.8) is 0 Å². The van der Waals surface area contributed by atoms with Crippen molar-refractivity contribution in [3.05, 3.63) is 58.6 Å². The van der Waals surface area contributed by atoms with Crippen molar-refractivity contribution in [1.82, 2.24) is 9.88 Å². The van der Waals surface area contributed by atoms with Crippen molar-refractivity contribution < 1.29 is 14.3 Å². The first-order chi connectivity index (χ1) is 15.9. The lowest BCUT2D eigenvalue weighted by molar-refractivity contribution is -0.143. The second-order valence-corrected chi connectivity index (χ2v) is 8.60. The fraction of sp³-hybridized carbons (Fsp3) is 0.333. The highest BCUT2D eigenvalue weighted by Gasteiger charge is 2.18. The zero-order valence-corrected chi connectivity index (χ0v) is 20.9. The van der Waals surface area contributed by atoms with E-state index >= 15 is 0 Å². The zero-order chi connectivity index (χ0) is 23.8. The number of nitrogens with two attached hydrogens (primary N) is 1. The fourth-order valence-electron chi connectivity index (χ4n) is 3.36. The van der Waals surface area contributed by atoms with Gasteiger partial charge < -0.3 is 20.7 Å². The fourth-order valence-corrected chi connectivity index (χ4v) is 4.24. The summed E-state index contributed by atoms with van der Waals surface area (Å²) in [5.41, 5.74) is 8.41. The summed E-state index contributed by atoms with van der Waals surface area (Å²) in [6.07, 6.45) is 0.985. The lowest BCUT2D eigenvalue weighted by Crippen LogP contribution is -2.34. The molecule has 0 aliphatic rings. The molecule has 8 nitrogen and oxygen atoms in total. The number of nitrogens with one attached hydrogen (secondary N) is 2. The van der Waals surface area contributed by atoms with Crippen LogP contribution in [-0.2, 0) is 16.1 Å². The van der Waals surface area contributed by atoms with Crippen LogP contribution in [0.3, 0.4) is 0 Å². The van der Waals surface area contributed by atoms with Gasteiger partial charge in [0.1, 0.15) is 10.8 Å². The van der Waals surface area contributed by atoms with Gasteiger partial charge in [0, 0.05) is 29.9 Å². The van der Waals surface area contributed by atoms with Gasteiger partial charge in [-0.25, -0.2) is 4.98 Å². The molecule has 182 valence electrons. The first-order valence-corrected chi connectivity index (χ1v) is 11.8. The SMILES string of the molecule is CCCN(CCC(=O)OCC)C(=O)c1ccc2sc(CNc3ccc(C(=N)N)cc3)nc2c1.Cl. The Balaban J connectivity index is 0.00000408. The summed E-state index contributed by atoms with van der Waals surface area (Å²) >= 11 is 1.57. The number of carbonyl (C=O) groups excluding carboxylic acids is 2. The summed E-state index contributed by atoms with van der Waals surface area (Å²) in [7, 11) is 0. The molecule has 1 amide bonds. The number of aromatic nitrogens is 1. The number of rotatable bonds is 11. The molecular formula is C24H30ClN5O3S. The quantitative estimate of drug-likeness (QED) is 0.202. The number of amides is 1. The van der Waals surface area contributed by atoms with Crippen LogP contribution in [-0.4, -0.2) is 47.3 Å². The molecular weight excluding hydrogens is 474 g/mol. The number of nitrogen functional groups attached to an aromatic ring is 1. The highest BCUT2D eigenvalue weighted by atomic mass is 35.5. The van der Waals surface area contributed by atoms with E-state index in [1.54, 1.807) is 35.3 Å². The average molecular weight is 504 g/mol. The number of esters is 1. The summed E-state index contributed by atoms with van der Waals surface area (Å²) in [5.74, 6) is -0.368. The normalized spacial score (nSPS) is 10.4. The average Bonchev–Trinajstić information content (AvgIpc) is 3.22. The van der Waals surface area contributed by atoms with Crippen LogP contribution in [0.5, 0.6) is 0 Å². The summed E-state index contributed by atoms with van der Waals surface area (Å²) in [6.45, 7) is 5.56. The number of thiazole rings is 1. The molecule has 0 saturated heterocycles. The monoisotopic (exact) mass is 503 g/mol. The first-order valence-electron chi connectivity index (χ1n) is 10.9. The van der Waals surface area contributed by atoms with Gasteiger partial charge in [-0.2, -0.15) is 0 Å². The molecule has 0 saturated carbocycles. The van der Waals surface area contributed by atoms with Crippen molar-refractivity contribution in [2.24, 2.45) is 5.73 Å². The van der Waals surface area contributed by atoms with E-state index in [1.807, 2.05) is 37.3 Å². The molecule has 1 aromatic heterocycles. The zero-order valence-electron chi connectivity index (χ0n) is 19.3. The van der Waals surface area contributed by atoms with Crippen LogP contribution in [0, 0.1) is 5.41 Å². The number of ether oxygens (including phenoxy) is 1. The van der Waals surface area contributed by atoms with Gasteiger partial charge >= 0.3 is 5.97 Å². The molecule has 0 fully saturated rings. The van der Waals surface area contributed by atoms with Gasteiger partial charge in [0.15, 0.2) is 0 Å². The Morgan fingerprint density at radius 3 is 2.47 bits per heavy atom. The van der Waals surface area contributed by atoms with E-state index in [9.17, 15) is 9.59 Å². The number of halogens is 1. The Hall–Kier alpha value is -3.17. The second-order valence-electron chi connectivity index (χ2n) is 7.48. The molecule has 4 N–H and O–H groups in total. The Morgan fingerprint density at radius 1 is 1.12 bits per heavy atom. The van der Waals surface area contributed by atoms with Crippen LogP contribution in [0.25, 0.3) is 10.2 Å². The molecule has 3 rings (SSSR count). The lowest BCUT2D eigenvalue weighted by Gasteiger charge is -2.21. The van der Waals surface area contributed by atoms with Crippen LogP contribution in [0.15, 0.2) is 42.5 Å². The van der Waals surface area contributed by atoms with Gasteiger partial charge in [-0.15, -0.1) is 23.7 Å². The summed E-state index contributed by atoms with van der Waals surface area (Å²) < 4.78 is 5.98. The van der Waals surface area contributed by atoms with Crippen LogP contribution in [0.2, 0.25) is 0 Å². The van der Waals surface area contributed by atoms with Crippen LogP contribution >= 0.6 is 23.7 Å². The Kier molecular flexibility index (Phi) is 10.3. The molecule has 1 heterocycles. The number of amidine groups is 1. The van der Waals surface area contributed by atoms with Gasteiger partial charge in [0.2, 0.25) is 0 Å².